The first kappa shape index (κ1) is 11.6. The lowest BCUT2D eigenvalue weighted by Gasteiger charge is -2.45. The van der Waals surface area contributed by atoms with Crippen LogP contribution in [0.5, 0.6) is 0 Å². The van der Waals surface area contributed by atoms with Crippen LogP contribution in [0.25, 0.3) is 0 Å². The van der Waals surface area contributed by atoms with E-state index in [4.69, 9.17) is 0 Å². The largest absolute Gasteiger partial charge is 0.295 e. The zero-order valence-corrected chi connectivity index (χ0v) is 10.9. The van der Waals surface area contributed by atoms with Crippen molar-refractivity contribution in [3.8, 4) is 0 Å². The van der Waals surface area contributed by atoms with E-state index < -0.39 is 0 Å². The molecule has 0 N–H and O–H groups in total. The molecule has 2 atom stereocenters. The summed E-state index contributed by atoms with van der Waals surface area (Å²) in [7, 11) is 0. The van der Waals surface area contributed by atoms with E-state index in [0.29, 0.717) is 11.7 Å². The van der Waals surface area contributed by atoms with Crippen molar-refractivity contribution in [3.05, 3.63) is 22.8 Å². The summed E-state index contributed by atoms with van der Waals surface area (Å²) in [5.74, 6) is 0.829. The molecule has 16 heavy (non-hydrogen) atoms. The molecule has 0 aliphatic heterocycles. The number of carbonyl (C=O) groups is 1. The van der Waals surface area contributed by atoms with Crippen molar-refractivity contribution < 1.29 is 4.79 Å². The molecule has 0 spiro atoms. The van der Waals surface area contributed by atoms with Crippen LogP contribution in [0.3, 0.4) is 0 Å². The normalized spacial score (nSPS) is 34.5. The minimum absolute atomic E-state index is 0.249. The van der Waals surface area contributed by atoms with Crippen molar-refractivity contribution in [2.24, 2.45) is 11.3 Å². The maximum atomic E-state index is 11.6. The molecule has 1 heteroatoms. The Balaban J connectivity index is 2.38. The van der Waals surface area contributed by atoms with E-state index in [2.05, 4.69) is 27.7 Å². The fourth-order valence-corrected chi connectivity index (χ4v) is 3.15. The highest BCUT2D eigenvalue weighted by molar-refractivity contribution is 5.92. The fraction of sp³-hybridized carbons (Fsp3) is 0.667. The van der Waals surface area contributed by atoms with Crippen LogP contribution in [0, 0.1) is 11.3 Å². The first-order valence-corrected chi connectivity index (χ1v) is 6.32. The van der Waals surface area contributed by atoms with Crippen molar-refractivity contribution >= 4 is 5.78 Å². The SMILES string of the molecule is CC(C)=C1CCC2=CC(=O)C[C@H](C)[C@]2(C)C1. The van der Waals surface area contributed by atoms with Crippen molar-refractivity contribution in [1.82, 2.24) is 0 Å². The van der Waals surface area contributed by atoms with Crippen LogP contribution in [-0.2, 0) is 4.79 Å². The third-order valence-electron chi connectivity index (χ3n) is 4.65. The van der Waals surface area contributed by atoms with Crippen LogP contribution in [0.1, 0.15) is 53.4 Å². The second-order valence-electron chi connectivity index (χ2n) is 5.94. The summed E-state index contributed by atoms with van der Waals surface area (Å²) in [4.78, 5) is 11.6. The maximum Gasteiger partial charge on any atom is 0.155 e. The molecular formula is C15H22O. The summed E-state index contributed by atoms with van der Waals surface area (Å²) >= 11 is 0. The average Bonchev–Trinajstić information content (AvgIpc) is 2.19. The van der Waals surface area contributed by atoms with Crippen molar-refractivity contribution in [1.29, 1.82) is 0 Å². The van der Waals surface area contributed by atoms with Crippen LogP contribution < -0.4 is 0 Å². The highest BCUT2D eigenvalue weighted by atomic mass is 16.1. The van der Waals surface area contributed by atoms with Gasteiger partial charge >= 0.3 is 0 Å². The smallest absolute Gasteiger partial charge is 0.155 e. The third kappa shape index (κ3) is 1.77. The Morgan fingerprint density at radius 3 is 2.69 bits per heavy atom. The number of rotatable bonds is 0. The molecule has 1 nitrogen and oxygen atoms in total. The monoisotopic (exact) mass is 218 g/mol. The zero-order chi connectivity index (χ0) is 11.9. The average molecular weight is 218 g/mol. The Hall–Kier alpha value is -0.850. The lowest BCUT2D eigenvalue weighted by Crippen LogP contribution is -2.36. The van der Waals surface area contributed by atoms with Crippen molar-refractivity contribution in [2.45, 2.75) is 53.4 Å². The zero-order valence-electron chi connectivity index (χ0n) is 10.9. The van der Waals surface area contributed by atoms with E-state index >= 15 is 0 Å². The summed E-state index contributed by atoms with van der Waals surface area (Å²) in [5, 5.41) is 0. The molecule has 0 aromatic rings. The number of allylic oxidation sites excluding steroid dienone is 4. The first-order valence-electron chi connectivity index (χ1n) is 6.32. The predicted molar refractivity (Wildman–Crippen MR) is 67.2 cm³/mol. The number of ketones is 1. The van der Waals surface area contributed by atoms with Crippen molar-refractivity contribution in [2.75, 3.05) is 0 Å². The number of hydrogen-bond donors (Lipinski definition) is 0. The van der Waals surface area contributed by atoms with Gasteiger partial charge < -0.3 is 0 Å². The molecule has 0 saturated heterocycles. The molecule has 1 saturated carbocycles. The van der Waals surface area contributed by atoms with E-state index in [-0.39, 0.29) is 5.41 Å². The second-order valence-corrected chi connectivity index (χ2v) is 5.94. The number of fused-ring (bicyclic) bond motifs is 1. The van der Waals surface area contributed by atoms with Crippen LogP contribution in [0.15, 0.2) is 22.8 Å². The van der Waals surface area contributed by atoms with Gasteiger partial charge in [-0.3, -0.25) is 4.79 Å². The third-order valence-corrected chi connectivity index (χ3v) is 4.65. The van der Waals surface area contributed by atoms with Gasteiger partial charge in [0.05, 0.1) is 0 Å². The standard InChI is InChI=1S/C15H22O/c1-10(2)12-5-6-13-8-14(16)7-11(3)15(13,4)9-12/h8,11H,5-7,9H2,1-4H3/t11-,15-/m0/s1. The van der Waals surface area contributed by atoms with Gasteiger partial charge in [-0.25, -0.2) is 0 Å². The summed E-state index contributed by atoms with van der Waals surface area (Å²) in [6.07, 6.45) is 6.07. The topological polar surface area (TPSA) is 17.1 Å². The summed E-state index contributed by atoms with van der Waals surface area (Å²) in [6.45, 7) is 9.01. The summed E-state index contributed by atoms with van der Waals surface area (Å²) in [6, 6.07) is 0. The van der Waals surface area contributed by atoms with Crippen LogP contribution >= 0.6 is 0 Å². The quantitative estimate of drug-likeness (QED) is 0.561. The van der Waals surface area contributed by atoms with Gasteiger partial charge in [-0.1, -0.05) is 30.6 Å². The van der Waals surface area contributed by atoms with E-state index in [1.807, 2.05) is 6.08 Å². The van der Waals surface area contributed by atoms with Crippen LogP contribution in [0.4, 0.5) is 0 Å². The summed E-state index contributed by atoms with van der Waals surface area (Å²) < 4.78 is 0. The predicted octanol–water partition coefficient (Wildman–Crippen LogP) is 4.05. The van der Waals surface area contributed by atoms with E-state index in [0.717, 1.165) is 25.7 Å². The van der Waals surface area contributed by atoms with Crippen LogP contribution in [-0.4, -0.2) is 5.78 Å². The van der Waals surface area contributed by atoms with Gasteiger partial charge in [0.15, 0.2) is 5.78 Å². The lowest BCUT2D eigenvalue weighted by atomic mass is 9.59. The Bertz CT molecular complexity index is 382. The molecule has 1 fully saturated rings. The number of hydrogen-bond acceptors (Lipinski definition) is 1. The molecular weight excluding hydrogens is 196 g/mol. The molecule has 0 unspecified atom stereocenters. The van der Waals surface area contributed by atoms with E-state index in [1.54, 1.807) is 5.57 Å². The molecule has 0 aromatic carbocycles. The molecule has 0 heterocycles. The first-order chi connectivity index (χ1) is 7.43. The number of carbonyl (C=O) groups excluding carboxylic acids is 1. The minimum atomic E-state index is 0.249. The Morgan fingerprint density at radius 2 is 2.06 bits per heavy atom. The minimum Gasteiger partial charge on any atom is -0.295 e. The molecule has 2 rings (SSSR count). The molecule has 2 aliphatic rings. The molecule has 88 valence electrons. The second kappa shape index (κ2) is 3.87. The molecule has 0 amide bonds. The van der Waals surface area contributed by atoms with Gasteiger partial charge in [0.1, 0.15) is 0 Å². The lowest BCUT2D eigenvalue weighted by molar-refractivity contribution is -0.117. The maximum absolute atomic E-state index is 11.6. The van der Waals surface area contributed by atoms with Gasteiger partial charge in [-0.05, 0) is 50.5 Å². The highest BCUT2D eigenvalue weighted by Gasteiger charge is 2.41. The van der Waals surface area contributed by atoms with E-state index in [9.17, 15) is 4.79 Å². The molecule has 0 bridgehead atoms. The molecule has 2 aliphatic carbocycles. The summed E-state index contributed by atoms with van der Waals surface area (Å²) in [5.41, 5.74) is 4.74. The molecule has 0 aromatic heterocycles. The highest BCUT2D eigenvalue weighted by Crippen LogP contribution is 2.51. The van der Waals surface area contributed by atoms with Crippen molar-refractivity contribution in [3.63, 3.8) is 0 Å². The van der Waals surface area contributed by atoms with Gasteiger partial charge in [0, 0.05) is 6.42 Å². The van der Waals surface area contributed by atoms with Crippen LogP contribution in [0.2, 0.25) is 0 Å². The molecule has 0 radical (unpaired) electrons. The van der Waals surface area contributed by atoms with Gasteiger partial charge in [0.25, 0.3) is 0 Å². The fourth-order valence-electron chi connectivity index (χ4n) is 3.15. The Kier molecular flexibility index (Phi) is 2.81. The van der Waals surface area contributed by atoms with Gasteiger partial charge in [0.2, 0.25) is 0 Å². The van der Waals surface area contributed by atoms with Gasteiger partial charge in [-0.15, -0.1) is 0 Å². The van der Waals surface area contributed by atoms with Gasteiger partial charge in [-0.2, -0.15) is 0 Å². The van der Waals surface area contributed by atoms with E-state index in [1.165, 1.54) is 11.1 Å². The Morgan fingerprint density at radius 1 is 1.38 bits per heavy atom. The Labute approximate surface area is 98.6 Å².